The second-order valence-electron chi connectivity index (χ2n) is 5.78. The van der Waals surface area contributed by atoms with Crippen molar-refractivity contribution in [1.29, 1.82) is 0 Å². The summed E-state index contributed by atoms with van der Waals surface area (Å²) in [6.07, 6.45) is 1.52. The van der Waals surface area contributed by atoms with Gasteiger partial charge >= 0.3 is 5.97 Å². The summed E-state index contributed by atoms with van der Waals surface area (Å²) >= 11 is 0. The Hall–Kier alpha value is -2.28. The van der Waals surface area contributed by atoms with Crippen molar-refractivity contribution in [2.75, 3.05) is 26.9 Å². The first kappa shape index (κ1) is 18.1. The van der Waals surface area contributed by atoms with Crippen molar-refractivity contribution in [1.82, 2.24) is 5.32 Å². The molecule has 0 aliphatic carbocycles. The standard InChI is InChI=1S/C17H23NO6/c1-11-8-13(5-6-14(11)22-2)24-10-15(19)18-16(17(20)21)12-4-3-7-23-9-12/h5-6,8,12,16H,3-4,7,9-10H2,1-2H3,(H,18,19)(H,20,21). The number of aliphatic carboxylic acids is 1. The first-order valence-electron chi connectivity index (χ1n) is 7.88. The van der Waals surface area contributed by atoms with Gasteiger partial charge in [0.2, 0.25) is 0 Å². The fourth-order valence-electron chi connectivity index (χ4n) is 2.71. The van der Waals surface area contributed by atoms with Gasteiger partial charge in [0.1, 0.15) is 17.5 Å². The van der Waals surface area contributed by atoms with Crippen LogP contribution in [0.1, 0.15) is 18.4 Å². The molecule has 1 heterocycles. The third kappa shape index (κ3) is 4.86. The number of methoxy groups -OCH3 is 1. The molecule has 2 atom stereocenters. The lowest BCUT2D eigenvalue weighted by Gasteiger charge is -2.28. The first-order valence-corrected chi connectivity index (χ1v) is 7.88. The normalized spacial score (nSPS) is 18.5. The molecule has 1 aliphatic rings. The predicted octanol–water partition coefficient (Wildman–Crippen LogP) is 1.38. The maximum atomic E-state index is 12.0. The van der Waals surface area contributed by atoms with Crippen LogP contribution in [-0.2, 0) is 14.3 Å². The van der Waals surface area contributed by atoms with Gasteiger partial charge in [0.05, 0.1) is 13.7 Å². The smallest absolute Gasteiger partial charge is 0.326 e. The quantitative estimate of drug-likeness (QED) is 0.781. The number of carboxylic acids is 1. The Balaban J connectivity index is 1.88. The van der Waals surface area contributed by atoms with Crippen molar-refractivity contribution in [3.05, 3.63) is 23.8 Å². The zero-order valence-corrected chi connectivity index (χ0v) is 13.9. The summed E-state index contributed by atoms with van der Waals surface area (Å²) in [4.78, 5) is 23.4. The second-order valence-corrected chi connectivity index (χ2v) is 5.78. The predicted molar refractivity (Wildman–Crippen MR) is 86.3 cm³/mol. The Morgan fingerprint density at radius 2 is 2.25 bits per heavy atom. The second kappa shape index (κ2) is 8.54. The van der Waals surface area contributed by atoms with E-state index in [1.54, 1.807) is 25.3 Å². The van der Waals surface area contributed by atoms with Crippen molar-refractivity contribution in [3.63, 3.8) is 0 Å². The van der Waals surface area contributed by atoms with E-state index in [1.165, 1.54) is 0 Å². The van der Waals surface area contributed by atoms with Gasteiger partial charge in [-0.25, -0.2) is 4.79 Å². The van der Waals surface area contributed by atoms with E-state index >= 15 is 0 Å². The number of hydrogen-bond donors (Lipinski definition) is 2. The number of nitrogens with one attached hydrogen (secondary N) is 1. The van der Waals surface area contributed by atoms with Crippen LogP contribution in [0.2, 0.25) is 0 Å². The summed E-state index contributed by atoms with van der Waals surface area (Å²) in [6.45, 7) is 2.60. The average Bonchev–Trinajstić information content (AvgIpc) is 2.58. The molecule has 2 rings (SSSR count). The number of ether oxygens (including phenoxy) is 3. The molecule has 24 heavy (non-hydrogen) atoms. The Kier molecular flexibility index (Phi) is 6.43. The van der Waals surface area contributed by atoms with Gasteiger partial charge < -0.3 is 24.6 Å². The first-order chi connectivity index (χ1) is 11.5. The van der Waals surface area contributed by atoms with Crippen molar-refractivity contribution < 1.29 is 28.9 Å². The van der Waals surface area contributed by atoms with Crippen LogP contribution in [0.4, 0.5) is 0 Å². The van der Waals surface area contributed by atoms with E-state index < -0.39 is 17.9 Å². The number of carbonyl (C=O) groups excluding carboxylic acids is 1. The molecule has 2 unspecified atom stereocenters. The minimum atomic E-state index is -1.06. The number of carbonyl (C=O) groups is 2. The highest BCUT2D eigenvalue weighted by atomic mass is 16.5. The maximum Gasteiger partial charge on any atom is 0.326 e. The largest absolute Gasteiger partial charge is 0.496 e. The Labute approximate surface area is 140 Å². The summed E-state index contributed by atoms with van der Waals surface area (Å²) in [5.74, 6) is -0.490. The van der Waals surface area contributed by atoms with Gasteiger partial charge in [-0.1, -0.05) is 0 Å². The van der Waals surface area contributed by atoms with Crippen LogP contribution in [0.15, 0.2) is 18.2 Å². The number of benzene rings is 1. The summed E-state index contributed by atoms with van der Waals surface area (Å²) < 4.78 is 15.9. The molecule has 0 aromatic heterocycles. The molecule has 0 radical (unpaired) electrons. The molecule has 1 saturated heterocycles. The van der Waals surface area contributed by atoms with E-state index in [9.17, 15) is 14.7 Å². The van der Waals surface area contributed by atoms with Crippen LogP contribution in [0, 0.1) is 12.8 Å². The van der Waals surface area contributed by atoms with Gasteiger partial charge in [-0.05, 0) is 43.5 Å². The molecule has 1 fully saturated rings. The molecule has 1 amide bonds. The minimum Gasteiger partial charge on any atom is -0.496 e. The lowest BCUT2D eigenvalue weighted by molar-refractivity contribution is -0.145. The Morgan fingerprint density at radius 1 is 1.46 bits per heavy atom. The van der Waals surface area contributed by atoms with Crippen molar-refractivity contribution in [2.45, 2.75) is 25.8 Å². The van der Waals surface area contributed by atoms with Crippen LogP contribution >= 0.6 is 0 Å². The number of amides is 1. The molecule has 1 aliphatic heterocycles. The maximum absolute atomic E-state index is 12.0. The molecule has 0 saturated carbocycles. The van der Waals surface area contributed by atoms with Gasteiger partial charge in [-0.3, -0.25) is 4.79 Å². The summed E-state index contributed by atoms with van der Waals surface area (Å²) in [7, 11) is 1.58. The number of aryl methyl sites for hydroxylation is 1. The van der Waals surface area contributed by atoms with Crippen LogP contribution in [0.3, 0.4) is 0 Å². The molecular weight excluding hydrogens is 314 g/mol. The van der Waals surface area contributed by atoms with Crippen molar-refractivity contribution in [2.24, 2.45) is 5.92 Å². The topological polar surface area (TPSA) is 94.1 Å². The highest BCUT2D eigenvalue weighted by molar-refractivity contribution is 5.84. The average molecular weight is 337 g/mol. The fraction of sp³-hybridized carbons (Fsp3) is 0.529. The van der Waals surface area contributed by atoms with Gasteiger partial charge in [-0.15, -0.1) is 0 Å². The van der Waals surface area contributed by atoms with Gasteiger partial charge in [0, 0.05) is 12.5 Å². The van der Waals surface area contributed by atoms with Crippen molar-refractivity contribution >= 4 is 11.9 Å². The lowest BCUT2D eigenvalue weighted by atomic mass is 9.93. The van der Waals surface area contributed by atoms with E-state index in [-0.39, 0.29) is 12.5 Å². The van der Waals surface area contributed by atoms with E-state index in [0.717, 1.165) is 24.2 Å². The van der Waals surface area contributed by atoms with E-state index in [0.29, 0.717) is 19.0 Å². The van der Waals surface area contributed by atoms with Crippen LogP contribution in [0.25, 0.3) is 0 Å². The molecule has 1 aromatic carbocycles. The van der Waals surface area contributed by atoms with Crippen LogP contribution in [0.5, 0.6) is 11.5 Å². The van der Waals surface area contributed by atoms with Gasteiger partial charge in [0.15, 0.2) is 6.61 Å². The highest BCUT2D eigenvalue weighted by Crippen LogP contribution is 2.23. The lowest BCUT2D eigenvalue weighted by Crippen LogP contribution is -2.49. The molecule has 0 bridgehead atoms. The van der Waals surface area contributed by atoms with E-state index in [4.69, 9.17) is 14.2 Å². The number of hydrogen-bond acceptors (Lipinski definition) is 5. The molecule has 2 N–H and O–H groups in total. The van der Waals surface area contributed by atoms with Gasteiger partial charge in [-0.2, -0.15) is 0 Å². The third-order valence-electron chi connectivity index (χ3n) is 3.99. The zero-order chi connectivity index (χ0) is 17.5. The zero-order valence-electron chi connectivity index (χ0n) is 13.9. The monoisotopic (exact) mass is 337 g/mol. The Morgan fingerprint density at radius 3 is 2.83 bits per heavy atom. The minimum absolute atomic E-state index is 0.219. The van der Waals surface area contributed by atoms with Gasteiger partial charge in [0.25, 0.3) is 5.91 Å². The van der Waals surface area contributed by atoms with E-state index in [2.05, 4.69) is 5.32 Å². The molecule has 1 aromatic rings. The summed E-state index contributed by atoms with van der Waals surface area (Å²) in [6, 6.07) is 4.25. The number of carboxylic acid groups (broad SMARTS) is 1. The SMILES string of the molecule is COc1ccc(OCC(=O)NC(C(=O)O)C2CCCOC2)cc1C. The Bertz CT molecular complexity index is 582. The van der Waals surface area contributed by atoms with E-state index in [1.807, 2.05) is 6.92 Å². The molecule has 0 spiro atoms. The van der Waals surface area contributed by atoms with Crippen LogP contribution < -0.4 is 14.8 Å². The molecule has 7 heteroatoms. The highest BCUT2D eigenvalue weighted by Gasteiger charge is 2.31. The van der Waals surface area contributed by atoms with Crippen molar-refractivity contribution in [3.8, 4) is 11.5 Å². The van der Waals surface area contributed by atoms with Crippen LogP contribution in [-0.4, -0.2) is 50.0 Å². The summed E-state index contributed by atoms with van der Waals surface area (Å²) in [5.41, 5.74) is 0.887. The molecule has 132 valence electrons. The third-order valence-corrected chi connectivity index (χ3v) is 3.99. The summed E-state index contributed by atoms with van der Waals surface area (Å²) in [5, 5.41) is 11.9. The molecular formula is C17H23NO6. The fourth-order valence-corrected chi connectivity index (χ4v) is 2.71. The number of rotatable bonds is 7. The molecule has 7 nitrogen and oxygen atoms in total.